The number of pyridine rings is 1. The van der Waals surface area contributed by atoms with Crippen LogP contribution >= 0.6 is 0 Å². The maximum absolute atomic E-state index is 11.9. The number of fused-ring (bicyclic) bond motifs is 1. The molecular weight excluding hydrogens is 317 g/mol. The lowest BCUT2D eigenvalue weighted by Crippen LogP contribution is -2.17. The van der Waals surface area contributed by atoms with E-state index in [0.717, 1.165) is 50.2 Å². The number of nitrogens with one attached hydrogen (secondary N) is 1. The molecule has 1 aliphatic heterocycles. The normalized spacial score (nSPS) is 14.6. The summed E-state index contributed by atoms with van der Waals surface area (Å²) in [4.78, 5) is 4.66. The number of anilines is 1. The van der Waals surface area contributed by atoms with Gasteiger partial charge in [0.25, 0.3) is 0 Å². The van der Waals surface area contributed by atoms with Crippen molar-refractivity contribution in [1.29, 1.82) is 0 Å². The molecule has 0 aliphatic carbocycles. The van der Waals surface area contributed by atoms with Gasteiger partial charge in [-0.05, 0) is 56.6 Å². The fourth-order valence-corrected chi connectivity index (χ4v) is 2.65. The predicted molar refractivity (Wildman–Crippen MR) is 89.2 cm³/mol. The number of halogens is 3. The van der Waals surface area contributed by atoms with Crippen LogP contribution in [0, 0.1) is 0 Å². The Kier molecular flexibility index (Phi) is 7.56. The zero-order valence-electron chi connectivity index (χ0n) is 13.9. The Morgan fingerprint density at radius 2 is 2.00 bits per heavy atom. The summed E-state index contributed by atoms with van der Waals surface area (Å²) in [5, 5.41) is 3.34. The van der Waals surface area contributed by atoms with Crippen LogP contribution in [0.2, 0.25) is 0 Å². The quantitative estimate of drug-likeness (QED) is 0.523. The molecule has 2 rings (SSSR count). The number of nitrogens with zero attached hydrogens (tertiary/aromatic N) is 1. The molecule has 0 unspecified atom stereocenters. The average molecular weight is 342 g/mol. The van der Waals surface area contributed by atoms with E-state index < -0.39 is 12.8 Å². The first kappa shape index (κ1) is 18.8. The molecule has 1 N–H and O–H groups in total. The van der Waals surface area contributed by atoms with Crippen LogP contribution in [-0.2, 0) is 17.6 Å². The van der Waals surface area contributed by atoms with Gasteiger partial charge in [-0.1, -0.05) is 18.2 Å². The zero-order valence-corrected chi connectivity index (χ0v) is 13.9. The highest BCUT2D eigenvalue weighted by molar-refractivity contribution is 5.46. The van der Waals surface area contributed by atoms with E-state index in [1.807, 2.05) is 12.2 Å². The fraction of sp³-hybridized carbons (Fsp3) is 0.611. The van der Waals surface area contributed by atoms with Gasteiger partial charge in [-0.15, -0.1) is 0 Å². The van der Waals surface area contributed by atoms with Crippen molar-refractivity contribution in [2.75, 3.05) is 25.1 Å². The summed E-state index contributed by atoms with van der Waals surface area (Å²) in [6.07, 6.45) is 6.45. The van der Waals surface area contributed by atoms with Crippen molar-refractivity contribution in [3.05, 3.63) is 35.5 Å². The van der Waals surface area contributed by atoms with Crippen LogP contribution in [0.4, 0.5) is 19.0 Å². The number of rotatable bonds is 9. The van der Waals surface area contributed by atoms with Crippen molar-refractivity contribution in [3.8, 4) is 0 Å². The Hall–Kier alpha value is -1.56. The van der Waals surface area contributed by atoms with Crippen LogP contribution in [0.25, 0.3) is 0 Å². The van der Waals surface area contributed by atoms with Gasteiger partial charge < -0.3 is 10.1 Å². The van der Waals surface area contributed by atoms with Crippen molar-refractivity contribution >= 4 is 5.82 Å². The maximum atomic E-state index is 11.9. The lowest BCUT2D eigenvalue weighted by Gasteiger charge is -2.17. The molecule has 0 saturated heterocycles. The zero-order chi connectivity index (χ0) is 17.3. The lowest BCUT2D eigenvalue weighted by atomic mass is 10.1. The molecule has 134 valence electrons. The minimum Gasteiger partial charge on any atom is -0.372 e. The summed E-state index contributed by atoms with van der Waals surface area (Å²) >= 11 is 0. The summed E-state index contributed by atoms with van der Waals surface area (Å²) in [5.74, 6) is 1.04. The van der Waals surface area contributed by atoms with Gasteiger partial charge in [-0.2, -0.15) is 13.2 Å². The number of aromatic nitrogens is 1. The second-order valence-electron chi connectivity index (χ2n) is 6.01. The van der Waals surface area contributed by atoms with E-state index in [9.17, 15) is 13.2 Å². The summed E-state index contributed by atoms with van der Waals surface area (Å²) in [7, 11) is 0. The second-order valence-corrected chi connectivity index (χ2v) is 6.01. The molecule has 3 nitrogen and oxygen atoms in total. The van der Waals surface area contributed by atoms with Crippen LogP contribution in [0.1, 0.15) is 43.4 Å². The average Bonchev–Trinajstić information content (AvgIpc) is 2.55. The number of ether oxygens (including phenoxy) is 1. The summed E-state index contributed by atoms with van der Waals surface area (Å²) in [6, 6.07) is 4.28. The van der Waals surface area contributed by atoms with Gasteiger partial charge in [-0.25, -0.2) is 4.98 Å². The third kappa shape index (κ3) is 7.34. The summed E-state index contributed by atoms with van der Waals surface area (Å²) in [6.45, 7) is -0.0491. The van der Waals surface area contributed by atoms with Crippen LogP contribution in [0.15, 0.2) is 24.3 Å². The molecule has 2 heterocycles. The predicted octanol–water partition coefficient (Wildman–Crippen LogP) is 4.68. The Morgan fingerprint density at radius 1 is 1.17 bits per heavy atom. The molecule has 0 fully saturated rings. The molecule has 0 bridgehead atoms. The molecule has 1 aromatic heterocycles. The molecule has 0 spiro atoms. The van der Waals surface area contributed by atoms with Crippen LogP contribution in [-0.4, -0.2) is 30.9 Å². The van der Waals surface area contributed by atoms with E-state index in [4.69, 9.17) is 0 Å². The number of hydrogen-bond donors (Lipinski definition) is 1. The van der Waals surface area contributed by atoms with E-state index in [1.165, 1.54) is 12.0 Å². The third-order valence-corrected chi connectivity index (χ3v) is 3.87. The number of hydrogen-bond acceptors (Lipinski definition) is 3. The minimum absolute atomic E-state index is 0.113. The Morgan fingerprint density at radius 3 is 2.83 bits per heavy atom. The van der Waals surface area contributed by atoms with Crippen LogP contribution in [0.3, 0.4) is 0 Å². The fourth-order valence-electron chi connectivity index (χ4n) is 2.65. The molecule has 0 radical (unpaired) electrons. The number of aryl methyl sites for hydroxylation is 2. The van der Waals surface area contributed by atoms with Gasteiger partial charge in [0.15, 0.2) is 0 Å². The molecule has 24 heavy (non-hydrogen) atoms. The van der Waals surface area contributed by atoms with Crippen molar-refractivity contribution in [2.45, 2.75) is 51.1 Å². The van der Waals surface area contributed by atoms with Crippen molar-refractivity contribution in [2.24, 2.45) is 0 Å². The number of unbranched alkanes of at least 4 members (excludes halogenated alkanes) is 2. The van der Waals surface area contributed by atoms with Crippen molar-refractivity contribution in [1.82, 2.24) is 4.98 Å². The van der Waals surface area contributed by atoms with Gasteiger partial charge in [0.2, 0.25) is 0 Å². The highest BCUT2D eigenvalue weighted by Crippen LogP contribution is 2.20. The first-order valence-electron chi connectivity index (χ1n) is 8.57. The van der Waals surface area contributed by atoms with Gasteiger partial charge in [0.05, 0.1) is 6.61 Å². The minimum atomic E-state index is -4.23. The number of allylic oxidation sites excluding steroid dienone is 1. The van der Waals surface area contributed by atoms with E-state index in [1.54, 1.807) is 0 Å². The molecule has 6 heteroatoms. The Labute approximate surface area is 141 Å². The Bertz CT molecular complexity index is 529. The van der Waals surface area contributed by atoms with Gasteiger partial charge in [0.1, 0.15) is 12.4 Å². The smallest absolute Gasteiger partial charge is 0.372 e. The second kappa shape index (κ2) is 9.67. The number of alkyl halides is 3. The first-order valence-corrected chi connectivity index (χ1v) is 8.57. The first-order chi connectivity index (χ1) is 11.5. The molecule has 1 aliphatic rings. The SMILES string of the molecule is FC(F)(F)COCC/C=C\CCCCc1ccc2c(n1)NCCC2. The van der Waals surface area contributed by atoms with E-state index in [-0.39, 0.29) is 6.61 Å². The van der Waals surface area contributed by atoms with Gasteiger partial charge in [0, 0.05) is 12.2 Å². The van der Waals surface area contributed by atoms with Crippen molar-refractivity contribution in [3.63, 3.8) is 0 Å². The molecular formula is C18H25F3N2O. The van der Waals surface area contributed by atoms with E-state index in [2.05, 4.69) is 27.2 Å². The van der Waals surface area contributed by atoms with E-state index in [0.29, 0.717) is 6.42 Å². The van der Waals surface area contributed by atoms with E-state index >= 15 is 0 Å². The third-order valence-electron chi connectivity index (χ3n) is 3.87. The lowest BCUT2D eigenvalue weighted by molar-refractivity contribution is -0.173. The topological polar surface area (TPSA) is 34.1 Å². The molecule has 0 aromatic carbocycles. The Balaban J connectivity index is 1.53. The van der Waals surface area contributed by atoms with Gasteiger partial charge in [-0.3, -0.25) is 0 Å². The highest BCUT2D eigenvalue weighted by atomic mass is 19.4. The molecule has 0 atom stereocenters. The van der Waals surface area contributed by atoms with Crippen LogP contribution in [0.5, 0.6) is 0 Å². The summed E-state index contributed by atoms with van der Waals surface area (Å²) < 4.78 is 40.1. The molecule has 0 saturated carbocycles. The standard InChI is InChI=1S/C18H25F3N2O/c19-18(20,21)14-24-13-6-4-2-1-3-5-9-16-11-10-15-8-7-12-22-17(15)23-16/h2,4,10-11H,1,3,5-9,12-14H2,(H,22,23)/b4-2-. The van der Waals surface area contributed by atoms with Crippen LogP contribution < -0.4 is 5.32 Å². The molecule has 0 amide bonds. The monoisotopic (exact) mass is 342 g/mol. The maximum Gasteiger partial charge on any atom is 0.411 e. The highest BCUT2D eigenvalue weighted by Gasteiger charge is 2.26. The largest absolute Gasteiger partial charge is 0.411 e. The van der Waals surface area contributed by atoms with Gasteiger partial charge >= 0.3 is 6.18 Å². The van der Waals surface area contributed by atoms with Crippen molar-refractivity contribution < 1.29 is 17.9 Å². The summed E-state index contributed by atoms with van der Waals surface area (Å²) in [5.41, 5.74) is 2.42. The molecule has 1 aromatic rings.